The summed E-state index contributed by atoms with van der Waals surface area (Å²) in [5.41, 5.74) is 1.08. The highest BCUT2D eigenvalue weighted by Crippen LogP contribution is 2.30. The largest absolute Gasteiger partial charge is 0.506 e. The molecule has 0 radical (unpaired) electrons. The Morgan fingerprint density at radius 1 is 1.21 bits per heavy atom. The second-order valence-corrected chi connectivity index (χ2v) is 5.14. The number of carboxylic acids is 1. The van der Waals surface area contributed by atoms with Crippen LogP contribution >= 0.6 is 0 Å². The van der Waals surface area contributed by atoms with E-state index in [4.69, 9.17) is 5.11 Å². The van der Waals surface area contributed by atoms with E-state index in [2.05, 4.69) is 5.32 Å². The molecule has 5 heteroatoms. The van der Waals surface area contributed by atoms with Crippen molar-refractivity contribution in [3.05, 3.63) is 35.9 Å². The summed E-state index contributed by atoms with van der Waals surface area (Å²) in [5.74, 6) is -1.88. The van der Waals surface area contributed by atoms with Crippen LogP contribution in [-0.2, 0) is 15.0 Å². The molecular weight excluding hydrogens is 246 g/mol. The van der Waals surface area contributed by atoms with Crippen molar-refractivity contribution in [3.63, 3.8) is 0 Å². The maximum atomic E-state index is 11.5. The molecule has 0 unspecified atom stereocenters. The molecular formula is C14H17NO4. The van der Waals surface area contributed by atoms with Gasteiger partial charge in [0.2, 0.25) is 5.91 Å². The van der Waals surface area contributed by atoms with Gasteiger partial charge in [-0.05, 0) is 23.1 Å². The highest BCUT2D eigenvalue weighted by molar-refractivity contribution is 6.03. The molecule has 0 aliphatic rings. The Balaban J connectivity index is 2.95. The average molecular weight is 263 g/mol. The maximum absolute atomic E-state index is 11.5. The van der Waals surface area contributed by atoms with Crippen molar-refractivity contribution in [3.8, 4) is 5.75 Å². The molecule has 1 rings (SSSR count). The Bertz CT molecular complexity index is 527. The van der Waals surface area contributed by atoms with Gasteiger partial charge in [-0.1, -0.05) is 26.8 Å². The fourth-order valence-corrected chi connectivity index (χ4v) is 1.42. The smallest absolute Gasteiger partial charge is 0.328 e. The molecule has 1 amide bonds. The van der Waals surface area contributed by atoms with Crippen LogP contribution in [0.2, 0.25) is 0 Å². The summed E-state index contributed by atoms with van der Waals surface area (Å²) in [5, 5.41) is 20.5. The number of hydrogen-bond donors (Lipinski definition) is 3. The van der Waals surface area contributed by atoms with Gasteiger partial charge in [0.05, 0.1) is 5.69 Å². The number of hydrogen-bond acceptors (Lipinski definition) is 3. The predicted molar refractivity (Wildman–Crippen MR) is 72.2 cm³/mol. The first-order valence-corrected chi connectivity index (χ1v) is 5.75. The lowest BCUT2D eigenvalue weighted by Gasteiger charge is -2.20. The molecule has 0 atom stereocenters. The molecule has 0 bridgehead atoms. The molecule has 102 valence electrons. The quantitative estimate of drug-likeness (QED) is 0.576. The zero-order chi connectivity index (χ0) is 14.6. The molecule has 3 N–H and O–H groups in total. The number of phenols is 1. The Morgan fingerprint density at radius 3 is 2.37 bits per heavy atom. The summed E-state index contributed by atoms with van der Waals surface area (Å²) in [4.78, 5) is 21.8. The zero-order valence-corrected chi connectivity index (χ0v) is 11.1. The van der Waals surface area contributed by atoms with Crippen LogP contribution in [0.4, 0.5) is 5.69 Å². The third-order valence-corrected chi connectivity index (χ3v) is 2.50. The molecule has 0 heterocycles. The number of nitrogens with one attached hydrogen (secondary N) is 1. The number of carboxylic acid groups (broad SMARTS) is 1. The summed E-state index contributed by atoms with van der Waals surface area (Å²) in [6.45, 7) is 6.03. The summed E-state index contributed by atoms with van der Waals surface area (Å²) in [6.07, 6.45) is 1.63. The Hall–Kier alpha value is -2.30. The molecule has 0 aromatic heterocycles. The van der Waals surface area contributed by atoms with Crippen LogP contribution in [0.25, 0.3) is 0 Å². The third-order valence-electron chi connectivity index (χ3n) is 2.50. The number of phenolic OH excluding ortho intramolecular Hbond substituents is 1. The van der Waals surface area contributed by atoms with E-state index < -0.39 is 11.9 Å². The van der Waals surface area contributed by atoms with Gasteiger partial charge in [0, 0.05) is 12.2 Å². The molecule has 1 aromatic rings. The van der Waals surface area contributed by atoms with E-state index in [1.54, 1.807) is 12.1 Å². The molecule has 0 aliphatic carbocycles. The summed E-state index contributed by atoms with van der Waals surface area (Å²) < 4.78 is 0. The van der Waals surface area contributed by atoms with Crippen LogP contribution in [0.5, 0.6) is 5.75 Å². The van der Waals surface area contributed by atoms with E-state index in [-0.39, 0.29) is 16.9 Å². The number of carbonyl (C=O) groups is 2. The number of rotatable bonds is 3. The minimum absolute atomic E-state index is 0.0647. The van der Waals surface area contributed by atoms with Gasteiger partial charge in [-0.25, -0.2) is 4.79 Å². The lowest BCUT2D eigenvalue weighted by atomic mass is 9.87. The first kappa shape index (κ1) is 14.8. The number of aliphatic carboxylic acids is 1. The molecule has 0 fully saturated rings. The first-order chi connectivity index (χ1) is 8.70. The van der Waals surface area contributed by atoms with Gasteiger partial charge in [-0.3, -0.25) is 4.79 Å². The Kier molecular flexibility index (Phi) is 4.32. The van der Waals surface area contributed by atoms with Crippen molar-refractivity contribution >= 4 is 17.6 Å². The van der Waals surface area contributed by atoms with E-state index in [9.17, 15) is 14.7 Å². The van der Waals surface area contributed by atoms with E-state index in [0.29, 0.717) is 0 Å². The minimum Gasteiger partial charge on any atom is -0.506 e. The number of carbonyl (C=O) groups excluding carboxylic acids is 1. The zero-order valence-electron chi connectivity index (χ0n) is 11.1. The molecule has 1 aromatic carbocycles. The normalized spacial score (nSPS) is 11.5. The molecule has 0 aliphatic heterocycles. The van der Waals surface area contributed by atoms with Gasteiger partial charge in [-0.15, -0.1) is 0 Å². The van der Waals surface area contributed by atoms with Crippen LogP contribution in [0.3, 0.4) is 0 Å². The number of benzene rings is 1. The summed E-state index contributed by atoms with van der Waals surface area (Å²) in [6, 6.07) is 4.94. The number of aromatic hydroxyl groups is 1. The van der Waals surface area contributed by atoms with Crippen LogP contribution in [0, 0.1) is 0 Å². The van der Waals surface area contributed by atoms with Crippen LogP contribution in [0.1, 0.15) is 26.3 Å². The highest BCUT2D eigenvalue weighted by Gasteiger charge is 2.16. The van der Waals surface area contributed by atoms with E-state index in [1.165, 1.54) is 6.07 Å². The third kappa shape index (κ3) is 4.46. The molecule has 0 spiro atoms. The number of amides is 1. The van der Waals surface area contributed by atoms with Crippen molar-refractivity contribution in [2.24, 2.45) is 0 Å². The van der Waals surface area contributed by atoms with Crippen LogP contribution in [-0.4, -0.2) is 22.1 Å². The van der Waals surface area contributed by atoms with Crippen molar-refractivity contribution in [2.45, 2.75) is 26.2 Å². The molecule has 0 saturated carbocycles. The standard InChI is InChI=1S/C14H17NO4/c1-14(2,3)9-4-5-11(16)10(8-9)15-12(17)6-7-13(18)19/h4-8,16H,1-3H3,(H,15,17)(H,18,19)/b7-6-. The Morgan fingerprint density at radius 2 is 1.84 bits per heavy atom. The van der Waals surface area contributed by atoms with E-state index >= 15 is 0 Å². The predicted octanol–water partition coefficient (Wildman–Crippen LogP) is 2.27. The van der Waals surface area contributed by atoms with Crippen molar-refractivity contribution in [2.75, 3.05) is 5.32 Å². The van der Waals surface area contributed by atoms with Gasteiger partial charge in [0.1, 0.15) is 5.75 Å². The first-order valence-electron chi connectivity index (χ1n) is 5.75. The van der Waals surface area contributed by atoms with Crippen molar-refractivity contribution < 1.29 is 19.8 Å². The van der Waals surface area contributed by atoms with Gasteiger partial charge < -0.3 is 15.5 Å². The van der Waals surface area contributed by atoms with E-state index in [0.717, 1.165) is 17.7 Å². The summed E-state index contributed by atoms with van der Waals surface area (Å²) in [7, 11) is 0. The second-order valence-electron chi connectivity index (χ2n) is 5.14. The Labute approximate surface area is 111 Å². The maximum Gasteiger partial charge on any atom is 0.328 e. The second kappa shape index (κ2) is 5.56. The van der Waals surface area contributed by atoms with Crippen molar-refractivity contribution in [1.29, 1.82) is 0 Å². The SMILES string of the molecule is CC(C)(C)c1ccc(O)c(NC(=O)/C=C\C(=O)O)c1. The number of anilines is 1. The molecule has 19 heavy (non-hydrogen) atoms. The molecule has 0 saturated heterocycles. The van der Waals surface area contributed by atoms with E-state index in [1.807, 2.05) is 20.8 Å². The topological polar surface area (TPSA) is 86.6 Å². The lowest BCUT2D eigenvalue weighted by molar-refractivity contribution is -0.131. The van der Waals surface area contributed by atoms with Gasteiger partial charge in [-0.2, -0.15) is 0 Å². The minimum atomic E-state index is -1.21. The lowest BCUT2D eigenvalue weighted by Crippen LogP contribution is -2.13. The fraction of sp³-hybridized carbons (Fsp3) is 0.286. The average Bonchev–Trinajstić information content (AvgIpc) is 2.28. The van der Waals surface area contributed by atoms with Gasteiger partial charge in [0.25, 0.3) is 0 Å². The summed E-state index contributed by atoms with van der Waals surface area (Å²) >= 11 is 0. The van der Waals surface area contributed by atoms with Crippen LogP contribution in [0.15, 0.2) is 30.4 Å². The molecule has 5 nitrogen and oxygen atoms in total. The van der Waals surface area contributed by atoms with Gasteiger partial charge >= 0.3 is 5.97 Å². The highest BCUT2D eigenvalue weighted by atomic mass is 16.4. The van der Waals surface area contributed by atoms with Crippen molar-refractivity contribution in [1.82, 2.24) is 0 Å². The monoisotopic (exact) mass is 263 g/mol. The van der Waals surface area contributed by atoms with Crippen LogP contribution < -0.4 is 5.32 Å². The fourth-order valence-electron chi connectivity index (χ4n) is 1.42. The van der Waals surface area contributed by atoms with Gasteiger partial charge in [0.15, 0.2) is 0 Å².